The van der Waals surface area contributed by atoms with Gasteiger partial charge in [0.2, 0.25) is 5.88 Å². The van der Waals surface area contributed by atoms with Crippen molar-refractivity contribution in [1.29, 1.82) is 0 Å². The summed E-state index contributed by atoms with van der Waals surface area (Å²) in [5.74, 6) is -0.503. The van der Waals surface area contributed by atoms with E-state index < -0.39 is 11.6 Å². The molecule has 3 heterocycles. The van der Waals surface area contributed by atoms with E-state index in [2.05, 4.69) is 9.88 Å². The fraction of sp³-hybridized carbons (Fsp3) is 0.400. The van der Waals surface area contributed by atoms with Crippen LogP contribution in [-0.4, -0.2) is 41.2 Å². The van der Waals surface area contributed by atoms with E-state index in [-0.39, 0.29) is 5.75 Å². The first-order valence-electron chi connectivity index (χ1n) is 9.41. The van der Waals surface area contributed by atoms with Gasteiger partial charge < -0.3 is 9.47 Å². The lowest BCUT2D eigenvalue weighted by atomic mass is 10.2. The maximum absolute atomic E-state index is 13.6. The molecule has 3 aromatic rings. The fourth-order valence-corrected chi connectivity index (χ4v) is 5.03. The van der Waals surface area contributed by atoms with Crippen molar-refractivity contribution in [2.24, 2.45) is 0 Å². The highest BCUT2D eigenvalue weighted by Gasteiger charge is 2.24. The average molecular weight is 403 g/mol. The van der Waals surface area contributed by atoms with Crippen LogP contribution in [-0.2, 0) is 24.1 Å². The van der Waals surface area contributed by atoms with E-state index in [1.165, 1.54) is 16.5 Å². The van der Waals surface area contributed by atoms with Gasteiger partial charge in [-0.15, -0.1) is 11.3 Å². The molecule has 0 saturated carbocycles. The first-order valence-corrected chi connectivity index (χ1v) is 10.2. The number of aryl methyl sites for hydroxylation is 2. The van der Waals surface area contributed by atoms with Crippen molar-refractivity contribution in [3.05, 3.63) is 46.1 Å². The number of morpholine rings is 1. The number of hydrogen-bond donors (Lipinski definition) is 0. The van der Waals surface area contributed by atoms with E-state index in [0.717, 1.165) is 54.7 Å². The van der Waals surface area contributed by atoms with Gasteiger partial charge in [-0.05, 0) is 37.0 Å². The van der Waals surface area contributed by atoms with Gasteiger partial charge in [-0.1, -0.05) is 0 Å². The summed E-state index contributed by atoms with van der Waals surface area (Å²) in [6.07, 6.45) is 3.12. The van der Waals surface area contributed by atoms with Gasteiger partial charge in [-0.25, -0.2) is 13.8 Å². The van der Waals surface area contributed by atoms with Crippen molar-refractivity contribution in [3.63, 3.8) is 0 Å². The molecule has 28 heavy (non-hydrogen) atoms. The number of aromatic nitrogens is 2. The van der Waals surface area contributed by atoms with Crippen molar-refractivity contribution >= 4 is 21.6 Å². The number of hydrogen-bond acceptors (Lipinski definition) is 6. The van der Waals surface area contributed by atoms with Crippen molar-refractivity contribution in [2.45, 2.75) is 25.8 Å². The third-order valence-electron chi connectivity index (χ3n) is 5.15. The molecule has 0 bridgehead atoms. The summed E-state index contributed by atoms with van der Waals surface area (Å²) in [6, 6.07) is 3.54. The third kappa shape index (κ3) is 3.36. The van der Waals surface area contributed by atoms with Crippen molar-refractivity contribution < 1.29 is 18.3 Å². The maximum Gasteiger partial charge on any atom is 0.231 e. The highest BCUT2D eigenvalue weighted by molar-refractivity contribution is 7.19. The molecular weight excluding hydrogens is 384 g/mol. The number of halogens is 2. The molecule has 1 aliphatic heterocycles. The summed E-state index contributed by atoms with van der Waals surface area (Å²) in [7, 11) is 0. The molecule has 0 radical (unpaired) electrons. The number of rotatable bonds is 4. The Morgan fingerprint density at radius 3 is 2.79 bits per heavy atom. The molecule has 5 nitrogen and oxygen atoms in total. The molecule has 1 aliphatic carbocycles. The molecule has 8 heteroatoms. The monoisotopic (exact) mass is 403 g/mol. The molecule has 1 saturated heterocycles. The number of fused-ring (bicyclic) bond motifs is 3. The first kappa shape index (κ1) is 17.9. The van der Waals surface area contributed by atoms with Gasteiger partial charge in [0, 0.05) is 24.0 Å². The number of nitrogens with zero attached hydrogens (tertiary/aromatic N) is 3. The molecule has 0 unspecified atom stereocenters. The van der Waals surface area contributed by atoms with E-state index in [9.17, 15) is 8.78 Å². The van der Waals surface area contributed by atoms with Crippen LogP contribution in [0, 0.1) is 11.6 Å². The molecule has 146 valence electrons. The molecule has 0 amide bonds. The second kappa shape index (κ2) is 7.35. The van der Waals surface area contributed by atoms with Crippen LogP contribution in [0.4, 0.5) is 8.78 Å². The SMILES string of the molecule is Fc1ccc(Oc2nc(CN3CCOCC3)nc3sc4c(c23)CCC4)cc1F. The number of thiophene rings is 1. The predicted molar refractivity (Wildman–Crippen MR) is 102 cm³/mol. The minimum absolute atomic E-state index is 0.231. The smallest absolute Gasteiger partial charge is 0.231 e. The van der Waals surface area contributed by atoms with E-state index in [4.69, 9.17) is 14.5 Å². The Hall–Kier alpha value is -2.16. The standard InChI is InChI=1S/C20H19F2N3O2S/c21-14-5-4-12(10-15(14)22)27-19-18-13-2-1-3-16(13)28-20(18)24-17(23-19)11-25-6-8-26-9-7-25/h4-5,10H,1-3,6-9,11H2. The van der Waals surface area contributed by atoms with Crippen LogP contribution in [0.2, 0.25) is 0 Å². The lowest BCUT2D eigenvalue weighted by Gasteiger charge is -2.25. The summed E-state index contributed by atoms with van der Waals surface area (Å²) in [5, 5.41) is 0.910. The molecule has 2 aromatic heterocycles. The van der Waals surface area contributed by atoms with Crippen LogP contribution in [0.25, 0.3) is 10.2 Å². The van der Waals surface area contributed by atoms with Gasteiger partial charge in [0.1, 0.15) is 16.4 Å². The second-order valence-corrected chi connectivity index (χ2v) is 8.13. The van der Waals surface area contributed by atoms with Crippen molar-refractivity contribution in [1.82, 2.24) is 14.9 Å². The number of benzene rings is 1. The summed E-state index contributed by atoms with van der Waals surface area (Å²) in [4.78, 5) is 13.9. The van der Waals surface area contributed by atoms with Crippen LogP contribution in [0.5, 0.6) is 11.6 Å². The molecule has 0 spiro atoms. The molecular formula is C20H19F2N3O2S. The van der Waals surface area contributed by atoms with E-state index in [1.54, 1.807) is 11.3 Å². The Morgan fingerprint density at radius 1 is 1.11 bits per heavy atom. The number of ether oxygens (including phenoxy) is 2. The van der Waals surface area contributed by atoms with Crippen LogP contribution in [0.1, 0.15) is 22.7 Å². The molecule has 5 rings (SSSR count). The predicted octanol–water partition coefficient (Wildman–Crippen LogP) is 4.08. The Bertz CT molecular complexity index is 1030. The van der Waals surface area contributed by atoms with E-state index >= 15 is 0 Å². The Labute approximate surface area is 164 Å². The topological polar surface area (TPSA) is 47.5 Å². The van der Waals surface area contributed by atoms with Crippen molar-refractivity contribution in [3.8, 4) is 11.6 Å². The third-order valence-corrected chi connectivity index (χ3v) is 6.34. The second-order valence-electron chi connectivity index (χ2n) is 7.05. The summed E-state index contributed by atoms with van der Waals surface area (Å²) in [6.45, 7) is 3.68. The first-order chi connectivity index (χ1) is 13.7. The zero-order valence-electron chi connectivity index (χ0n) is 15.2. The molecule has 1 fully saturated rings. The molecule has 2 aliphatic rings. The molecule has 0 N–H and O–H groups in total. The maximum atomic E-state index is 13.6. The minimum Gasteiger partial charge on any atom is -0.438 e. The highest BCUT2D eigenvalue weighted by atomic mass is 32.1. The average Bonchev–Trinajstić information content (AvgIpc) is 3.26. The van der Waals surface area contributed by atoms with Crippen molar-refractivity contribution in [2.75, 3.05) is 26.3 Å². The minimum atomic E-state index is -0.938. The fourth-order valence-electron chi connectivity index (χ4n) is 3.76. The van der Waals surface area contributed by atoms with Crippen LogP contribution in [0.15, 0.2) is 18.2 Å². The van der Waals surface area contributed by atoms with Crippen LogP contribution < -0.4 is 4.74 Å². The highest BCUT2D eigenvalue weighted by Crippen LogP contribution is 2.41. The van der Waals surface area contributed by atoms with Crippen LogP contribution >= 0.6 is 11.3 Å². The molecule has 0 atom stereocenters. The zero-order chi connectivity index (χ0) is 19.1. The van der Waals surface area contributed by atoms with Gasteiger partial charge in [0.05, 0.1) is 25.1 Å². The Morgan fingerprint density at radius 2 is 1.96 bits per heavy atom. The van der Waals surface area contributed by atoms with E-state index in [0.29, 0.717) is 31.5 Å². The van der Waals surface area contributed by atoms with Gasteiger partial charge in [-0.3, -0.25) is 4.90 Å². The van der Waals surface area contributed by atoms with Gasteiger partial charge in [-0.2, -0.15) is 4.98 Å². The normalized spacial score (nSPS) is 17.2. The summed E-state index contributed by atoms with van der Waals surface area (Å²) in [5.41, 5.74) is 1.23. The lowest BCUT2D eigenvalue weighted by Crippen LogP contribution is -2.36. The summed E-state index contributed by atoms with van der Waals surface area (Å²) >= 11 is 1.68. The van der Waals surface area contributed by atoms with Crippen LogP contribution in [0.3, 0.4) is 0 Å². The lowest BCUT2D eigenvalue weighted by molar-refractivity contribution is 0.0330. The summed E-state index contributed by atoms with van der Waals surface area (Å²) < 4.78 is 38.3. The van der Waals surface area contributed by atoms with E-state index in [1.807, 2.05) is 0 Å². The molecule has 1 aromatic carbocycles. The Balaban J connectivity index is 1.54. The zero-order valence-corrected chi connectivity index (χ0v) is 16.0. The Kier molecular flexibility index (Phi) is 4.70. The largest absolute Gasteiger partial charge is 0.438 e. The van der Waals surface area contributed by atoms with Gasteiger partial charge in [0.15, 0.2) is 11.6 Å². The van der Waals surface area contributed by atoms with Gasteiger partial charge in [0.25, 0.3) is 0 Å². The van der Waals surface area contributed by atoms with Gasteiger partial charge >= 0.3 is 0 Å². The quantitative estimate of drug-likeness (QED) is 0.657.